The zero-order valence-electron chi connectivity index (χ0n) is 16.0. The SMILES string of the molecule is CCNC(=S)NN=Cc1cc(C)n(-c2ccc(C(C)(C)C)cc2)c1C. The van der Waals surface area contributed by atoms with E-state index >= 15 is 0 Å². The quantitative estimate of drug-likeness (QED) is 0.490. The highest BCUT2D eigenvalue weighted by Gasteiger charge is 2.14. The minimum atomic E-state index is 0.160. The summed E-state index contributed by atoms with van der Waals surface area (Å²) in [5, 5.41) is 7.76. The Bertz CT molecular complexity index is 764. The van der Waals surface area contributed by atoms with E-state index in [4.69, 9.17) is 12.2 Å². The van der Waals surface area contributed by atoms with Crippen LogP contribution in [-0.2, 0) is 5.41 Å². The molecular weight excluding hydrogens is 328 g/mol. The molecule has 5 heteroatoms. The highest BCUT2D eigenvalue weighted by molar-refractivity contribution is 7.80. The number of rotatable bonds is 4. The van der Waals surface area contributed by atoms with Gasteiger partial charge in [-0.05, 0) is 62.2 Å². The third-order valence-corrected chi connectivity index (χ3v) is 4.40. The molecule has 0 spiro atoms. The number of thiocarbonyl (C=S) groups is 1. The Hall–Kier alpha value is -2.14. The van der Waals surface area contributed by atoms with Crippen LogP contribution in [-0.4, -0.2) is 22.4 Å². The molecule has 0 aliphatic carbocycles. The van der Waals surface area contributed by atoms with Crippen LogP contribution in [0.5, 0.6) is 0 Å². The average molecular weight is 357 g/mol. The molecule has 1 heterocycles. The first kappa shape index (κ1) is 19.2. The second kappa shape index (κ2) is 7.83. The first-order valence-corrected chi connectivity index (χ1v) is 9.01. The molecule has 0 unspecified atom stereocenters. The van der Waals surface area contributed by atoms with Crippen molar-refractivity contribution in [1.29, 1.82) is 0 Å². The summed E-state index contributed by atoms with van der Waals surface area (Å²) in [4.78, 5) is 0. The highest BCUT2D eigenvalue weighted by atomic mass is 32.1. The van der Waals surface area contributed by atoms with E-state index in [1.54, 1.807) is 0 Å². The van der Waals surface area contributed by atoms with Gasteiger partial charge in [0.25, 0.3) is 0 Å². The maximum Gasteiger partial charge on any atom is 0.186 e. The lowest BCUT2D eigenvalue weighted by molar-refractivity contribution is 0.590. The molecule has 4 nitrogen and oxygen atoms in total. The van der Waals surface area contributed by atoms with E-state index < -0.39 is 0 Å². The van der Waals surface area contributed by atoms with Crippen LogP contribution in [0.1, 0.15) is 50.2 Å². The number of hydrogen-bond donors (Lipinski definition) is 2. The minimum Gasteiger partial charge on any atom is -0.362 e. The number of benzene rings is 1. The Morgan fingerprint density at radius 2 is 1.84 bits per heavy atom. The number of nitrogens with zero attached hydrogens (tertiary/aromatic N) is 2. The van der Waals surface area contributed by atoms with Crippen molar-refractivity contribution in [3.63, 3.8) is 0 Å². The molecule has 0 radical (unpaired) electrons. The van der Waals surface area contributed by atoms with E-state index in [2.05, 4.69) is 85.4 Å². The molecule has 0 aliphatic heterocycles. The van der Waals surface area contributed by atoms with Crippen LogP contribution in [0, 0.1) is 13.8 Å². The third kappa shape index (κ3) is 4.69. The molecule has 0 amide bonds. The van der Waals surface area contributed by atoms with E-state index in [0.29, 0.717) is 5.11 Å². The Morgan fingerprint density at radius 3 is 2.40 bits per heavy atom. The number of hydrazone groups is 1. The summed E-state index contributed by atoms with van der Waals surface area (Å²) in [7, 11) is 0. The molecule has 2 aromatic rings. The predicted molar refractivity (Wildman–Crippen MR) is 111 cm³/mol. The van der Waals surface area contributed by atoms with Crippen molar-refractivity contribution >= 4 is 23.5 Å². The van der Waals surface area contributed by atoms with Gasteiger partial charge >= 0.3 is 0 Å². The number of aromatic nitrogens is 1. The molecule has 2 rings (SSSR count). The molecular formula is C20H28N4S. The summed E-state index contributed by atoms with van der Waals surface area (Å²) in [5.41, 5.74) is 8.90. The molecule has 0 atom stereocenters. The summed E-state index contributed by atoms with van der Waals surface area (Å²) >= 11 is 5.11. The highest BCUT2D eigenvalue weighted by Crippen LogP contribution is 2.25. The van der Waals surface area contributed by atoms with Crippen molar-refractivity contribution in [3.8, 4) is 5.69 Å². The number of nitrogens with one attached hydrogen (secondary N) is 2. The fourth-order valence-electron chi connectivity index (χ4n) is 2.79. The summed E-state index contributed by atoms with van der Waals surface area (Å²) < 4.78 is 2.25. The average Bonchev–Trinajstić information content (AvgIpc) is 2.81. The molecule has 0 bridgehead atoms. The Balaban J connectivity index is 2.24. The second-order valence-electron chi connectivity index (χ2n) is 7.19. The maximum atomic E-state index is 5.11. The van der Waals surface area contributed by atoms with Crippen molar-refractivity contribution in [1.82, 2.24) is 15.3 Å². The smallest absolute Gasteiger partial charge is 0.186 e. The lowest BCUT2D eigenvalue weighted by Gasteiger charge is -2.20. The van der Waals surface area contributed by atoms with Gasteiger partial charge < -0.3 is 9.88 Å². The summed E-state index contributed by atoms with van der Waals surface area (Å²) in [6, 6.07) is 10.9. The van der Waals surface area contributed by atoms with Gasteiger partial charge in [-0.25, -0.2) is 0 Å². The second-order valence-corrected chi connectivity index (χ2v) is 7.60. The topological polar surface area (TPSA) is 41.4 Å². The van der Waals surface area contributed by atoms with E-state index in [1.807, 2.05) is 13.1 Å². The van der Waals surface area contributed by atoms with Gasteiger partial charge in [-0.15, -0.1) is 0 Å². The molecule has 134 valence electrons. The molecule has 1 aromatic carbocycles. The molecule has 0 saturated carbocycles. The molecule has 25 heavy (non-hydrogen) atoms. The van der Waals surface area contributed by atoms with Crippen LogP contribution in [0.2, 0.25) is 0 Å². The van der Waals surface area contributed by atoms with Crippen molar-refractivity contribution in [2.45, 2.75) is 47.0 Å². The lowest BCUT2D eigenvalue weighted by atomic mass is 9.87. The Labute approximate surface area is 156 Å². The largest absolute Gasteiger partial charge is 0.362 e. The van der Waals surface area contributed by atoms with Crippen molar-refractivity contribution in [3.05, 3.63) is 52.8 Å². The first-order chi connectivity index (χ1) is 11.7. The number of hydrogen-bond acceptors (Lipinski definition) is 2. The van der Waals surface area contributed by atoms with E-state index in [0.717, 1.165) is 17.8 Å². The normalized spacial score (nSPS) is 11.8. The monoisotopic (exact) mass is 356 g/mol. The molecule has 2 N–H and O–H groups in total. The van der Waals surface area contributed by atoms with E-state index in [1.165, 1.54) is 16.9 Å². The van der Waals surface area contributed by atoms with Gasteiger partial charge in [0, 0.05) is 29.2 Å². The Kier molecular flexibility index (Phi) is 6.01. The van der Waals surface area contributed by atoms with Crippen LogP contribution in [0.3, 0.4) is 0 Å². The zero-order chi connectivity index (χ0) is 18.6. The van der Waals surface area contributed by atoms with Crippen LogP contribution >= 0.6 is 12.2 Å². The summed E-state index contributed by atoms with van der Waals surface area (Å²) in [5.74, 6) is 0. The standard InChI is InChI=1S/C20H28N4S/c1-7-21-19(25)23-22-13-16-12-14(2)24(15(16)3)18-10-8-17(9-11-18)20(4,5)6/h8-13H,7H2,1-6H3,(H2,21,23,25). The fraction of sp³-hybridized carbons (Fsp3) is 0.400. The predicted octanol–water partition coefficient (Wildman–Crippen LogP) is 4.21. The van der Waals surface area contributed by atoms with Gasteiger partial charge in [-0.1, -0.05) is 32.9 Å². The van der Waals surface area contributed by atoms with Crippen LogP contribution in [0.15, 0.2) is 35.4 Å². The fourth-order valence-corrected chi connectivity index (χ4v) is 2.98. The molecule has 0 fully saturated rings. The third-order valence-electron chi connectivity index (χ3n) is 4.17. The van der Waals surface area contributed by atoms with Gasteiger partial charge in [-0.2, -0.15) is 5.10 Å². The summed E-state index contributed by atoms with van der Waals surface area (Å²) in [6.45, 7) is 13.7. The molecule has 1 aromatic heterocycles. The van der Waals surface area contributed by atoms with Gasteiger partial charge in [-0.3, -0.25) is 5.43 Å². The lowest BCUT2D eigenvalue weighted by Crippen LogP contribution is -2.31. The van der Waals surface area contributed by atoms with Gasteiger partial charge in [0.15, 0.2) is 5.11 Å². The Morgan fingerprint density at radius 1 is 1.20 bits per heavy atom. The van der Waals surface area contributed by atoms with Gasteiger partial charge in [0.2, 0.25) is 0 Å². The van der Waals surface area contributed by atoms with Crippen LogP contribution in [0.25, 0.3) is 5.69 Å². The minimum absolute atomic E-state index is 0.160. The first-order valence-electron chi connectivity index (χ1n) is 8.60. The van der Waals surface area contributed by atoms with Crippen LogP contribution in [0.4, 0.5) is 0 Å². The van der Waals surface area contributed by atoms with Crippen molar-refractivity contribution in [2.75, 3.05) is 6.54 Å². The van der Waals surface area contributed by atoms with Crippen molar-refractivity contribution in [2.24, 2.45) is 5.10 Å². The van der Waals surface area contributed by atoms with Gasteiger partial charge in [0.05, 0.1) is 6.21 Å². The molecule has 0 aliphatic rings. The summed E-state index contributed by atoms with van der Waals surface area (Å²) in [6.07, 6.45) is 1.81. The van der Waals surface area contributed by atoms with E-state index in [-0.39, 0.29) is 5.41 Å². The van der Waals surface area contributed by atoms with E-state index in [9.17, 15) is 0 Å². The molecule has 0 saturated heterocycles. The zero-order valence-corrected chi connectivity index (χ0v) is 16.8. The maximum absolute atomic E-state index is 5.11. The van der Waals surface area contributed by atoms with Gasteiger partial charge in [0.1, 0.15) is 0 Å². The van der Waals surface area contributed by atoms with Crippen LogP contribution < -0.4 is 10.7 Å². The van der Waals surface area contributed by atoms with Crippen molar-refractivity contribution < 1.29 is 0 Å². The number of aryl methyl sites for hydroxylation is 1.